The second-order valence-corrected chi connectivity index (χ2v) is 2.39. The molecule has 0 saturated carbocycles. The molecule has 64 valence electrons. The van der Waals surface area contributed by atoms with Crippen molar-refractivity contribution in [3.63, 3.8) is 0 Å². The van der Waals surface area contributed by atoms with Crippen molar-refractivity contribution in [2.24, 2.45) is 7.05 Å². The van der Waals surface area contributed by atoms with Crippen LogP contribution < -0.4 is 5.32 Å². The van der Waals surface area contributed by atoms with Crippen molar-refractivity contribution in [3.05, 3.63) is 24.0 Å². The van der Waals surface area contributed by atoms with Crippen LogP contribution in [-0.4, -0.2) is 22.7 Å². The molecule has 1 amide bonds. The van der Waals surface area contributed by atoms with E-state index in [4.69, 9.17) is 0 Å². The first-order chi connectivity index (χ1) is 5.69. The molecule has 1 rings (SSSR count). The van der Waals surface area contributed by atoms with Gasteiger partial charge in [-0.2, -0.15) is 5.10 Å². The van der Waals surface area contributed by atoms with Crippen LogP contribution in [0.2, 0.25) is 0 Å². The molecule has 0 saturated heterocycles. The van der Waals surface area contributed by atoms with E-state index in [9.17, 15) is 4.79 Å². The Kier molecular flexibility index (Phi) is 2.28. The average molecular weight is 165 g/mol. The van der Waals surface area contributed by atoms with E-state index >= 15 is 0 Å². The fourth-order valence-corrected chi connectivity index (χ4v) is 0.951. The number of nitrogens with one attached hydrogen (secondary N) is 1. The molecular weight excluding hydrogens is 154 g/mol. The van der Waals surface area contributed by atoms with Crippen LogP contribution in [-0.2, 0) is 7.05 Å². The molecule has 0 aromatic carbocycles. The quantitative estimate of drug-likeness (QED) is 0.690. The number of nitrogens with zero attached hydrogens (tertiary/aromatic N) is 2. The highest BCUT2D eigenvalue weighted by Crippen LogP contribution is 2.06. The summed E-state index contributed by atoms with van der Waals surface area (Å²) >= 11 is 0. The molecule has 0 atom stereocenters. The van der Waals surface area contributed by atoms with Crippen LogP contribution in [0.3, 0.4) is 0 Å². The molecule has 4 heteroatoms. The predicted molar refractivity (Wildman–Crippen MR) is 46.7 cm³/mol. The molecular formula is C8H11N3O. The van der Waals surface area contributed by atoms with Crippen molar-refractivity contribution < 1.29 is 4.79 Å². The van der Waals surface area contributed by atoms with Crippen molar-refractivity contribution in [1.82, 2.24) is 15.1 Å². The maximum atomic E-state index is 11.2. The minimum absolute atomic E-state index is 0.189. The second-order valence-electron chi connectivity index (χ2n) is 2.39. The number of carbonyl (C=O) groups excluding carboxylic acids is 1. The third-order valence-corrected chi connectivity index (χ3v) is 1.52. The van der Waals surface area contributed by atoms with Gasteiger partial charge in [0.1, 0.15) is 0 Å². The zero-order valence-corrected chi connectivity index (χ0v) is 7.16. The number of carbonyl (C=O) groups is 1. The molecule has 4 nitrogen and oxygen atoms in total. The number of amides is 1. The molecule has 0 aliphatic rings. The van der Waals surface area contributed by atoms with Crippen molar-refractivity contribution in [2.75, 3.05) is 7.05 Å². The summed E-state index contributed by atoms with van der Waals surface area (Å²) in [5, 5.41) is 6.49. The fraction of sp³-hybridized carbons (Fsp3) is 0.250. The van der Waals surface area contributed by atoms with Gasteiger partial charge in [-0.1, -0.05) is 12.7 Å². The minimum Gasteiger partial charge on any atom is -0.354 e. The fourth-order valence-electron chi connectivity index (χ4n) is 0.951. The van der Waals surface area contributed by atoms with E-state index in [0.29, 0.717) is 5.69 Å². The summed E-state index contributed by atoms with van der Waals surface area (Å²) in [6.07, 6.45) is 3.36. The standard InChI is InChI=1S/C8H11N3O/c1-4-6-5-11(3)10-7(6)8(12)9-2/h4-5H,1H2,2-3H3,(H,9,12). The van der Waals surface area contributed by atoms with Gasteiger partial charge in [0.05, 0.1) is 0 Å². The molecule has 0 fully saturated rings. The summed E-state index contributed by atoms with van der Waals surface area (Å²) in [6.45, 7) is 3.59. The Labute approximate surface area is 70.9 Å². The SMILES string of the molecule is C=Cc1cn(C)nc1C(=O)NC. The van der Waals surface area contributed by atoms with Gasteiger partial charge in [-0.15, -0.1) is 0 Å². The molecule has 0 unspecified atom stereocenters. The Morgan fingerprint density at radius 1 is 1.83 bits per heavy atom. The van der Waals surface area contributed by atoms with Crippen LogP contribution in [0.15, 0.2) is 12.8 Å². The van der Waals surface area contributed by atoms with Gasteiger partial charge in [0.2, 0.25) is 0 Å². The lowest BCUT2D eigenvalue weighted by Crippen LogP contribution is -2.19. The molecule has 0 spiro atoms. The maximum Gasteiger partial charge on any atom is 0.272 e. The van der Waals surface area contributed by atoms with Crippen molar-refractivity contribution in [3.8, 4) is 0 Å². The highest BCUT2D eigenvalue weighted by molar-refractivity contribution is 5.95. The molecule has 12 heavy (non-hydrogen) atoms. The number of aromatic nitrogens is 2. The monoisotopic (exact) mass is 165 g/mol. The summed E-state index contributed by atoms with van der Waals surface area (Å²) in [7, 11) is 3.34. The van der Waals surface area contributed by atoms with E-state index in [0.717, 1.165) is 5.56 Å². The highest BCUT2D eigenvalue weighted by atomic mass is 16.1. The first kappa shape index (κ1) is 8.52. The lowest BCUT2D eigenvalue weighted by Gasteiger charge is -1.94. The zero-order valence-electron chi connectivity index (χ0n) is 7.16. The first-order valence-electron chi connectivity index (χ1n) is 3.57. The van der Waals surface area contributed by atoms with Crippen LogP contribution in [0.5, 0.6) is 0 Å². The summed E-state index contributed by atoms with van der Waals surface area (Å²) in [5.41, 5.74) is 1.16. The number of aryl methyl sites for hydroxylation is 1. The van der Waals surface area contributed by atoms with Crippen molar-refractivity contribution >= 4 is 12.0 Å². The Morgan fingerprint density at radius 3 is 3.00 bits per heavy atom. The predicted octanol–water partition coefficient (Wildman–Crippen LogP) is 0.423. The minimum atomic E-state index is -0.189. The van der Waals surface area contributed by atoms with Crippen LogP contribution in [0.1, 0.15) is 16.1 Å². The molecule has 1 aromatic heterocycles. The van der Waals surface area contributed by atoms with E-state index in [1.165, 1.54) is 0 Å². The van der Waals surface area contributed by atoms with Crippen LogP contribution in [0.25, 0.3) is 6.08 Å². The smallest absolute Gasteiger partial charge is 0.272 e. The number of hydrogen-bond acceptors (Lipinski definition) is 2. The molecule has 1 heterocycles. The Hall–Kier alpha value is -1.58. The van der Waals surface area contributed by atoms with Crippen molar-refractivity contribution in [2.45, 2.75) is 0 Å². The summed E-state index contributed by atoms with van der Waals surface area (Å²) in [4.78, 5) is 11.2. The Morgan fingerprint density at radius 2 is 2.50 bits per heavy atom. The zero-order chi connectivity index (χ0) is 9.14. The second kappa shape index (κ2) is 3.21. The largest absolute Gasteiger partial charge is 0.354 e. The number of rotatable bonds is 2. The van der Waals surface area contributed by atoms with Crippen molar-refractivity contribution in [1.29, 1.82) is 0 Å². The lowest BCUT2D eigenvalue weighted by molar-refractivity contribution is 0.0957. The van der Waals surface area contributed by atoms with Gasteiger partial charge in [-0.25, -0.2) is 0 Å². The maximum absolute atomic E-state index is 11.2. The molecule has 0 bridgehead atoms. The van der Waals surface area contributed by atoms with Gasteiger partial charge in [0.25, 0.3) is 5.91 Å². The Balaban J connectivity index is 3.12. The van der Waals surface area contributed by atoms with E-state index in [1.54, 1.807) is 31.1 Å². The molecule has 0 aliphatic carbocycles. The van der Waals surface area contributed by atoms with Gasteiger partial charge in [0.15, 0.2) is 5.69 Å². The van der Waals surface area contributed by atoms with E-state index in [-0.39, 0.29) is 5.91 Å². The van der Waals surface area contributed by atoms with Gasteiger partial charge < -0.3 is 5.32 Å². The summed E-state index contributed by atoms with van der Waals surface area (Å²) in [5.74, 6) is -0.189. The van der Waals surface area contributed by atoms with Crippen LogP contribution in [0, 0.1) is 0 Å². The van der Waals surface area contributed by atoms with Crippen LogP contribution in [0.4, 0.5) is 0 Å². The van der Waals surface area contributed by atoms with Gasteiger partial charge >= 0.3 is 0 Å². The topological polar surface area (TPSA) is 46.9 Å². The molecule has 0 aliphatic heterocycles. The molecule has 1 aromatic rings. The third-order valence-electron chi connectivity index (χ3n) is 1.52. The Bertz CT molecular complexity index is 314. The highest BCUT2D eigenvalue weighted by Gasteiger charge is 2.11. The lowest BCUT2D eigenvalue weighted by atomic mass is 10.2. The summed E-state index contributed by atoms with van der Waals surface area (Å²) < 4.78 is 1.58. The first-order valence-corrected chi connectivity index (χ1v) is 3.57. The van der Waals surface area contributed by atoms with E-state index in [2.05, 4.69) is 17.0 Å². The average Bonchev–Trinajstić information content (AvgIpc) is 2.45. The van der Waals surface area contributed by atoms with Gasteiger partial charge in [-0.05, 0) is 0 Å². The van der Waals surface area contributed by atoms with Gasteiger partial charge in [0, 0.05) is 25.9 Å². The molecule has 1 N–H and O–H groups in total. The van der Waals surface area contributed by atoms with E-state index < -0.39 is 0 Å². The van der Waals surface area contributed by atoms with E-state index in [1.807, 2.05) is 0 Å². The normalized spacial score (nSPS) is 9.50. The van der Waals surface area contributed by atoms with Gasteiger partial charge in [-0.3, -0.25) is 9.48 Å². The molecule has 0 radical (unpaired) electrons. The summed E-state index contributed by atoms with van der Waals surface area (Å²) in [6, 6.07) is 0. The number of hydrogen-bond donors (Lipinski definition) is 1. The van der Waals surface area contributed by atoms with Crippen LogP contribution >= 0.6 is 0 Å². The third kappa shape index (κ3) is 1.37.